The largest absolute Gasteiger partial charge is 0.454 e. The van der Waals surface area contributed by atoms with Gasteiger partial charge in [0.1, 0.15) is 6.10 Å². The Morgan fingerprint density at radius 1 is 1.20 bits per heavy atom. The van der Waals surface area contributed by atoms with E-state index in [-0.39, 0.29) is 0 Å². The molecule has 2 aromatic rings. The summed E-state index contributed by atoms with van der Waals surface area (Å²) in [5, 5.41) is 9.27. The Bertz CT molecular complexity index is 659. The number of hydrogen-bond acceptors (Lipinski definition) is 3. The highest BCUT2D eigenvalue weighted by molar-refractivity contribution is 6.31. The summed E-state index contributed by atoms with van der Waals surface area (Å²) in [6.07, 6.45) is -0.438. The lowest BCUT2D eigenvalue weighted by molar-refractivity contribution is 0.0338. The average molecular weight is 286 g/mol. The molecule has 2 aromatic carbocycles. The molecule has 2 rings (SSSR count). The first-order valence-corrected chi connectivity index (χ1v) is 6.45. The van der Waals surface area contributed by atoms with Gasteiger partial charge in [0.05, 0.1) is 17.2 Å². The topological polar surface area (TPSA) is 50.1 Å². The van der Waals surface area contributed by atoms with Crippen LogP contribution in [0.1, 0.15) is 34.5 Å². The highest BCUT2D eigenvalue weighted by Crippen LogP contribution is 2.25. The van der Waals surface area contributed by atoms with Gasteiger partial charge >= 0.3 is 5.97 Å². The number of nitriles is 1. The minimum atomic E-state index is -0.443. The molecule has 0 spiro atoms. The SMILES string of the molecule is CC(OC(=O)c1ccc(C#N)cc1)c1ccccc1Cl. The molecule has 0 amide bonds. The van der Waals surface area contributed by atoms with E-state index in [1.807, 2.05) is 24.3 Å². The lowest BCUT2D eigenvalue weighted by Crippen LogP contribution is -2.09. The first kappa shape index (κ1) is 14.1. The fraction of sp³-hybridized carbons (Fsp3) is 0.125. The predicted octanol–water partition coefficient (Wildman–Crippen LogP) is 4.13. The predicted molar refractivity (Wildman–Crippen MR) is 76.4 cm³/mol. The minimum Gasteiger partial charge on any atom is -0.454 e. The second kappa shape index (κ2) is 6.23. The maximum Gasteiger partial charge on any atom is 0.338 e. The van der Waals surface area contributed by atoms with E-state index in [0.717, 1.165) is 5.56 Å². The van der Waals surface area contributed by atoms with E-state index in [2.05, 4.69) is 0 Å². The Balaban J connectivity index is 2.11. The molecule has 4 heteroatoms. The zero-order chi connectivity index (χ0) is 14.5. The molecular formula is C16H12ClNO2. The second-order valence-corrected chi connectivity index (χ2v) is 4.67. The molecule has 0 heterocycles. The molecule has 0 bridgehead atoms. The van der Waals surface area contributed by atoms with Gasteiger partial charge in [-0.15, -0.1) is 0 Å². The van der Waals surface area contributed by atoms with Crippen LogP contribution in [-0.4, -0.2) is 5.97 Å². The van der Waals surface area contributed by atoms with Crippen LogP contribution in [0.5, 0.6) is 0 Å². The standard InChI is InChI=1S/C16H12ClNO2/c1-11(14-4-2-3-5-15(14)17)20-16(19)13-8-6-12(10-18)7-9-13/h2-9,11H,1H3. The van der Waals surface area contributed by atoms with Gasteiger partial charge in [-0.25, -0.2) is 4.79 Å². The second-order valence-electron chi connectivity index (χ2n) is 4.26. The molecule has 20 heavy (non-hydrogen) atoms. The van der Waals surface area contributed by atoms with Crippen LogP contribution in [0.2, 0.25) is 5.02 Å². The summed E-state index contributed by atoms with van der Waals surface area (Å²) < 4.78 is 5.37. The maximum atomic E-state index is 12.0. The van der Waals surface area contributed by atoms with Crippen molar-refractivity contribution >= 4 is 17.6 Å². The summed E-state index contributed by atoms with van der Waals surface area (Å²) >= 11 is 6.06. The number of carbonyl (C=O) groups excluding carboxylic acids is 1. The number of nitrogens with zero attached hydrogens (tertiary/aromatic N) is 1. The highest BCUT2D eigenvalue weighted by Gasteiger charge is 2.15. The van der Waals surface area contributed by atoms with E-state index >= 15 is 0 Å². The number of carbonyl (C=O) groups is 1. The fourth-order valence-electron chi connectivity index (χ4n) is 1.78. The van der Waals surface area contributed by atoms with Crippen LogP contribution in [0.4, 0.5) is 0 Å². The van der Waals surface area contributed by atoms with Gasteiger partial charge in [-0.2, -0.15) is 5.26 Å². The molecule has 0 N–H and O–H groups in total. The fourth-order valence-corrected chi connectivity index (χ4v) is 2.07. The Kier molecular flexibility index (Phi) is 4.39. The summed E-state index contributed by atoms with van der Waals surface area (Å²) in [7, 11) is 0. The third-order valence-electron chi connectivity index (χ3n) is 2.88. The molecule has 0 aliphatic carbocycles. The van der Waals surface area contributed by atoms with Crippen molar-refractivity contribution in [2.24, 2.45) is 0 Å². The van der Waals surface area contributed by atoms with Crippen molar-refractivity contribution in [3.05, 3.63) is 70.2 Å². The van der Waals surface area contributed by atoms with Crippen LogP contribution >= 0.6 is 11.6 Å². The maximum absolute atomic E-state index is 12.0. The van der Waals surface area contributed by atoms with E-state index in [1.54, 1.807) is 37.3 Å². The highest BCUT2D eigenvalue weighted by atomic mass is 35.5. The van der Waals surface area contributed by atoms with Crippen molar-refractivity contribution in [3.8, 4) is 6.07 Å². The van der Waals surface area contributed by atoms with Crippen LogP contribution in [-0.2, 0) is 4.74 Å². The smallest absolute Gasteiger partial charge is 0.338 e. The normalized spacial score (nSPS) is 11.4. The van der Waals surface area contributed by atoms with E-state index in [0.29, 0.717) is 16.1 Å². The Hall–Kier alpha value is -2.31. The molecular weight excluding hydrogens is 274 g/mol. The zero-order valence-corrected chi connectivity index (χ0v) is 11.6. The van der Waals surface area contributed by atoms with Gasteiger partial charge in [0.25, 0.3) is 0 Å². The average Bonchev–Trinajstić information content (AvgIpc) is 2.47. The van der Waals surface area contributed by atoms with E-state index in [4.69, 9.17) is 21.6 Å². The van der Waals surface area contributed by atoms with E-state index < -0.39 is 12.1 Å². The van der Waals surface area contributed by atoms with Crippen LogP contribution in [0.3, 0.4) is 0 Å². The lowest BCUT2D eigenvalue weighted by atomic mass is 10.1. The van der Waals surface area contributed by atoms with Crippen molar-refractivity contribution in [3.63, 3.8) is 0 Å². The van der Waals surface area contributed by atoms with Crippen molar-refractivity contribution in [1.82, 2.24) is 0 Å². The van der Waals surface area contributed by atoms with Crippen LogP contribution in [0.15, 0.2) is 48.5 Å². The molecule has 0 saturated heterocycles. The number of esters is 1. The van der Waals surface area contributed by atoms with Gasteiger partial charge < -0.3 is 4.74 Å². The van der Waals surface area contributed by atoms with Gasteiger partial charge in [0, 0.05) is 10.6 Å². The van der Waals surface area contributed by atoms with Crippen LogP contribution in [0.25, 0.3) is 0 Å². The van der Waals surface area contributed by atoms with Gasteiger partial charge in [-0.1, -0.05) is 29.8 Å². The van der Waals surface area contributed by atoms with E-state index in [1.165, 1.54) is 0 Å². The van der Waals surface area contributed by atoms with Gasteiger partial charge in [0.2, 0.25) is 0 Å². The molecule has 0 fully saturated rings. The number of halogens is 1. The molecule has 3 nitrogen and oxygen atoms in total. The molecule has 0 saturated carbocycles. The molecule has 0 aliphatic rings. The van der Waals surface area contributed by atoms with Crippen molar-refractivity contribution in [1.29, 1.82) is 5.26 Å². The van der Waals surface area contributed by atoms with E-state index in [9.17, 15) is 4.79 Å². The Morgan fingerprint density at radius 2 is 1.85 bits per heavy atom. The molecule has 0 aliphatic heterocycles. The number of benzene rings is 2. The summed E-state index contributed by atoms with van der Waals surface area (Å²) in [5.41, 5.74) is 1.67. The van der Waals surface area contributed by atoms with Crippen molar-refractivity contribution < 1.29 is 9.53 Å². The summed E-state index contributed by atoms with van der Waals surface area (Å²) in [5.74, 6) is -0.443. The quantitative estimate of drug-likeness (QED) is 0.797. The van der Waals surface area contributed by atoms with Crippen LogP contribution < -0.4 is 0 Å². The van der Waals surface area contributed by atoms with Gasteiger partial charge in [-0.05, 0) is 37.3 Å². The third kappa shape index (κ3) is 3.17. The number of hydrogen-bond donors (Lipinski definition) is 0. The molecule has 1 atom stereocenters. The Morgan fingerprint density at radius 3 is 2.45 bits per heavy atom. The monoisotopic (exact) mass is 285 g/mol. The summed E-state index contributed by atoms with van der Waals surface area (Å²) in [4.78, 5) is 12.0. The van der Waals surface area contributed by atoms with Gasteiger partial charge in [0.15, 0.2) is 0 Å². The van der Waals surface area contributed by atoms with Crippen molar-refractivity contribution in [2.75, 3.05) is 0 Å². The molecule has 0 radical (unpaired) electrons. The number of rotatable bonds is 3. The zero-order valence-electron chi connectivity index (χ0n) is 10.8. The third-order valence-corrected chi connectivity index (χ3v) is 3.22. The molecule has 100 valence electrons. The lowest BCUT2D eigenvalue weighted by Gasteiger charge is -2.14. The molecule has 1 unspecified atom stereocenters. The summed E-state index contributed by atoms with van der Waals surface area (Å²) in [6.45, 7) is 1.77. The van der Waals surface area contributed by atoms with Crippen molar-refractivity contribution in [2.45, 2.75) is 13.0 Å². The first-order chi connectivity index (χ1) is 9.61. The van der Waals surface area contributed by atoms with Crippen LogP contribution in [0, 0.1) is 11.3 Å². The number of ether oxygens (including phenoxy) is 1. The summed E-state index contributed by atoms with van der Waals surface area (Å²) in [6, 6.07) is 15.5. The molecule has 0 aromatic heterocycles. The Labute approximate surface area is 122 Å². The minimum absolute atomic E-state index is 0.405. The van der Waals surface area contributed by atoms with Gasteiger partial charge in [-0.3, -0.25) is 0 Å². The first-order valence-electron chi connectivity index (χ1n) is 6.07.